The number of hydrogen-bond acceptors (Lipinski definition) is 8. The molecule has 4 heterocycles. The minimum Gasteiger partial charge on any atom is -0.364 e. The standard InChI is InChI=1S/C22H27F2N9O/c1-12-16(10-22(2,3)32-8-4-5-17(12)32)27-19-15(24)11-25-20(28-19)26-13-6-7-14(23)18(9-13)33-21(34)29-30-31-33/h6-7,9,11-12,16-17H,4-5,8,10H2,1-3H3,(H,29,31,34)(H2,25,26,27,28). The zero-order valence-electron chi connectivity index (χ0n) is 19.2. The molecule has 0 amide bonds. The number of fused-ring (bicyclic) bond motifs is 1. The lowest BCUT2D eigenvalue weighted by Gasteiger charge is -2.51. The molecule has 0 radical (unpaired) electrons. The maximum atomic E-state index is 14.7. The third kappa shape index (κ3) is 4.02. The number of benzene rings is 1. The van der Waals surface area contributed by atoms with Crippen molar-refractivity contribution in [3.63, 3.8) is 0 Å². The van der Waals surface area contributed by atoms with E-state index in [0.29, 0.717) is 17.6 Å². The predicted octanol–water partition coefficient (Wildman–Crippen LogP) is 2.83. The number of piperidine rings is 1. The summed E-state index contributed by atoms with van der Waals surface area (Å²) in [7, 11) is 0. The van der Waals surface area contributed by atoms with Crippen LogP contribution >= 0.6 is 0 Å². The molecule has 2 fully saturated rings. The van der Waals surface area contributed by atoms with E-state index in [1.54, 1.807) is 0 Å². The molecule has 12 heteroatoms. The van der Waals surface area contributed by atoms with E-state index in [0.717, 1.165) is 30.3 Å². The summed E-state index contributed by atoms with van der Waals surface area (Å²) in [4.78, 5) is 22.7. The third-order valence-electron chi connectivity index (χ3n) is 7.01. The molecule has 2 aromatic heterocycles. The van der Waals surface area contributed by atoms with Gasteiger partial charge in [0.25, 0.3) is 0 Å². The van der Waals surface area contributed by atoms with Crippen molar-refractivity contribution in [3.05, 3.63) is 46.5 Å². The summed E-state index contributed by atoms with van der Waals surface area (Å²) >= 11 is 0. The van der Waals surface area contributed by atoms with E-state index in [1.807, 2.05) is 0 Å². The molecule has 2 aliphatic heterocycles. The first-order valence-corrected chi connectivity index (χ1v) is 11.4. The summed E-state index contributed by atoms with van der Waals surface area (Å²) in [6.45, 7) is 7.79. The van der Waals surface area contributed by atoms with Crippen molar-refractivity contribution >= 4 is 17.5 Å². The zero-order valence-corrected chi connectivity index (χ0v) is 19.2. The Labute approximate surface area is 194 Å². The molecule has 34 heavy (non-hydrogen) atoms. The van der Waals surface area contributed by atoms with Crippen LogP contribution < -0.4 is 16.3 Å². The molecule has 180 valence electrons. The largest absolute Gasteiger partial charge is 0.365 e. The molecule has 0 saturated carbocycles. The van der Waals surface area contributed by atoms with Crippen LogP contribution in [0, 0.1) is 17.6 Å². The number of nitrogens with zero attached hydrogens (tertiary/aromatic N) is 6. The van der Waals surface area contributed by atoms with Crippen LogP contribution in [0.1, 0.15) is 40.0 Å². The Hall–Kier alpha value is -3.41. The molecule has 0 bridgehead atoms. The summed E-state index contributed by atoms with van der Waals surface area (Å²) < 4.78 is 29.7. The van der Waals surface area contributed by atoms with E-state index in [-0.39, 0.29) is 29.0 Å². The number of anilines is 3. The molecule has 3 N–H and O–H groups in total. The zero-order chi connectivity index (χ0) is 24.0. The van der Waals surface area contributed by atoms with Gasteiger partial charge in [0.2, 0.25) is 5.95 Å². The summed E-state index contributed by atoms with van der Waals surface area (Å²) in [5.41, 5.74) is -0.355. The van der Waals surface area contributed by atoms with E-state index in [2.05, 4.69) is 61.8 Å². The molecule has 5 rings (SSSR count). The van der Waals surface area contributed by atoms with E-state index in [1.165, 1.54) is 24.6 Å². The van der Waals surface area contributed by atoms with Gasteiger partial charge in [-0.05, 0) is 74.2 Å². The van der Waals surface area contributed by atoms with Crippen LogP contribution in [0.25, 0.3) is 5.69 Å². The van der Waals surface area contributed by atoms with Crippen LogP contribution in [0.3, 0.4) is 0 Å². The average molecular weight is 472 g/mol. The molecule has 1 aromatic carbocycles. The Morgan fingerprint density at radius 3 is 2.82 bits per heavy atom. The number of aromatic amines is 1. The first kappa shape index (κ1) is 22.4. The van der Waals surface area contributed by atoms with E-state index in [4.69, 9.17) is 0 Å². The van der Waals surface area contributed by atoms with Crippen molar-refractivity contribution < 1.29 is 8.78 Å². The number of H-pyrrole nitrogens is 1. The van der Waals surface area contributed by atoms with Crippen molar-refractivity contribution in [1.82, 2.24) is 35.1 Å². The molecule has 10 nitrogen and oxygen atoms in total. The molecule has 3 unspecified atom stereocenters. The summed E-state index contributed by atoms with van der Waals surface area (Å²) in [5, 5.41) is 15.3. The average Bonchev–Trinajstić information content (AvgIpc) is 3.45. The SMILES string of the molecule is CC1C(Nc2nc(Nc3ccc(F)c(-n4nn[nH]c4=O)c3)ncc2F)CC(C)(C)N2CCCC12. The van der Waals surface area contributed by atoms with Gasteiger partial charge in [-0.1, -0.05) is 6.92 Å². The van der Waals surface area contributed by atoms with Gasteiger partial charge in [0.1, 0.15) is 11.5 Å². The van der Waals surface area contributed by atoms with Gasteiger partial charge < -0.3 is 10.6 Å². The highest BCUT2D eigenvalue weighted by Crippen LogP contribution is 2.41. The maximum Gasteiger partial charge on any atom is 0.365 e. The maximum absolute atomic E-state index is 14.7. The third-order valence-corrected chi connectivity index (χ3v) is 7.01. The summed E-state index contributed by atoms with van der Waals surface area (Å²) in [6, 6.07) is 4.54. The molecule has 3 aromatic rings. The molecule has 0 spiro atoms. The van der Waals surface area contributed by atoms with Crippen molar-refractivity contribution in [2.24, 2.45) is 5.92 Å². The monoisotopic (exact) mass is 471 g/mol. The smallest absolute Gasteiger partial charge is 0.364 e. The molecule has 0 aliphatic carbocycles. The number of nitrogens with one attached hydrogen (secondary N) is 3. The lowest BCUT2D eigenvalue weighted by molar-refractivity contribution is 0.0164. The van der Waals surface area contributed by atoms with E-state index >= 15 is 0 Å². The van der Waals surface area contributed by atoms with Gasteiger partial charge in [0, 0.05) is 23.3 Å². The number of tetrazole rings is 1. The molecular formula is C22H27F2N9O. The second kappa shape index (κ2) is 8.42. The fourth-order valence-corrected chi connectivity index (χ4v) is 5.32. The Bertz CT molecular complexity index is 1260. The molecule has 3 atom stereocenters. The number of halogens is 2. The fraction of sp³-hybridized carbons (Fsp3) is 0.500. The van der Waals surface area contributed by atoms with Gasteiger partial charge >= 0.3 is 5.69 Å². The van der Waals surface area contributed by atoms with Crippen molar-refractivity contribution in [2.45, 2.75) is 57.7 Å². The van der Waals surface area contributed by atoms with Gasteiger partial charge in [-0.15, -0.1) is 0 Å². The molecule has 2 aliphatic rings. The highest BCUT2D eigenvalue weighted by Gasteiger charge is 2.47. The lowest BCUT2D eigenvalue weighted by atomic mass is 9.77. The van der Waals surface area contributed by atoms with Gasteiger partial charge in [-0.25, -0.2) is 23.7 Å². The van der Waals surface area contributed by atoms with Crippen LogP contribution in [0.4, 0.5) is 26.2 Å². The van der Waals surface area contributed by atoms with Gasteiger partial charge in [-0.3, -0.25) is 4.90 Å². The van der Waals surface area contributed by atoms with Gasteiger partial charge in [0.05, 0.1) is 6.20 Å². The fourth-order valence-electron chi connectivity index (χ4n) is 5.32. The topological polar surface area (TPSA) is 117 Å². The highest BCUT2D eigenvalue weighted by atomic mass is 19.1. The Morgan fingerprint density at radius 1 is 1.24 bits per heavy atom. The van der Waals surface area contributed by atoms with Crippen molar-refractivity contribution in [3.8, 4) is 5.69 Å². The first-order chi connectivity index (χ1) is 16.2. The predicted molar refractivity (Wildman–Crippen MR) is 122 cm³/mol. The number of aromatic nitrogens is 6. The highest BCUT2D eigenvalue weighted by molar-refractivity contribution is 5.59. The summed E-state index contributed by atoms with van der Waals surface area (Å²) in [5.74, 6) is -0.607. The number of hydrogen-bond donors (Lipinski definition) is 3. The summed E-state index contributed by atoms with van der Waals surface area (Å²) in [6.07, 6.45) is 4.29. The van der Waals surface area contributed by atoms with E-state index in [9.17, 15) is 13.6 Å². The lowest BCUT2D eigenvalue weighted by Crippen LogP contribution is -2.59. The quantitative estimate of drug-likeness (QED) is 0.520. The van der Waals surface area contributed by atoms with Gasteiger partial charge in [-0.2, -0.15) is 9.67 Å². The Kier molecular flexibility index (Phi) is 5.54. The second-order valence-corrected chi connectivity index (χ2v) is 9.63. The van der Waals surface area contributed by atoms with Gasteiger partial charge in [0.15, 0.2) is 11.6 Å². The van der Waals surface area contributed by atoms with E-state index < -0.39 is 17.3 Å². The van der Waals surface area contributed by atoms with Crippen molar-refractivity contribution in [1.29, 1.82) is 0 Å². The second-order valence-electron chi connectivity index (χ2n) is 9.63. The van der Waals surface area contributed by atoms with Crippen LogP contribution in [-0.2, 0) is 0 Å². The molecular weight excluding hydrogens is 444 g/mol. The Morgan fingerprint density at radius 2 is 2.06 bits per heavy atom. The normalized spacial score (nSPS) is 24.1. The van der Waals surface area contributed by atoms with Crippen LogP contribution in [0.2, 0.25) is 0 Å². The number of rotatable bonds is 5. The molecule has 2 saturated heterocycles. The minimum absolute atomic E-state index is 0.0135. The van der Waals surface area contributed by atoms with Crippen LogP contribution in [-0.4, -0.2) is 59.2 Å². The van der Waals surface area contributed by atoms with Crippen LogP contribution in [0.15, 0.2) is 29.2 Å². The van der Waals surface area contributed by atoms with Crippen molar-refractivity contribution in [2.75, 3.05) is 17.2 Å². The van der Waals surface area contributed by atoms with Crippen LogP contribution in [0.5, 0.6) is 0 Å². The first-order valence-electron chi connectivity index (χ1n) is 11.4. The minimum atomic E-state index is -0.675. The Balaban J connectivity index is 1.38.